The van der Waals surface area contributed by atoms with E-state index in [0.29, 0.717) is 18.0 Å². The molecule has 2 aromatic rings. The number of amides is 1. The molecule has 0 saturated heterocycles. The maximum absolute atomic E-state index is 12.0. The lowest BCUT2D eigenvalue weighted by atomic mass is 10.2. The molecule has 4 heteroatoms. The summed E-state index contributed by atoms with van der Waals surface area (Å²) in [6, 6.07) is 14.9. The molecule has 4 nitrogen and oxygen atoms in total. The second kappa shape index (κ2) is 7.88. The summed E-state index contributed by atoms with van der Waals surface area (Å²) in [5.41, 5.74) is 1.50. The number of anilines is 1. The molecule has 0 unspecified atom stereocenters. The van der Waals surface area contributed by atoms with Crippen LogP contribution in [0.15, 0.2) is 54.6 Å². The standard InChI is InChI=1S/C18H19NO3/c1-3-22-16-10-6-4-8-14(16)12-13-18(20)19-15-9-5-7-11-17(15)21-2/h4-13H,3H2,1-2H3,(H,19,20)/b13-12+. The van der Waals surface area contributed by atoms with Crippen molar-refractivity contribution < 1.29 is 14.3 Å². The van der Waals surface area contributed by atoms with Crippen molar-refractivity contribution in [2.75, 3.05) is 19.0 Å². The fourth-order valence-corrected chi connectivity index (χ4v) is 1.99. The van der Waals surface area contributed by atoms with E-state index in [1.54, 1.807) is 25.3 Å². The smallest absolute Gasteiger partial charge is 0.248 e. The number of methoxy groups -OCH3 is 1. The van der Waals surface area contributed by atoms with Crippen molar-refractivity contribution in [3.05, 3.63) is 60.2 Å². The van der Waals surface area contributed by atoms with E-state index in [1.165, 1.54) is 6.08 Å². The van der Waals surface area contributed by atoms with Crippen LogP contribution in [0, 0.1) is 0 Å². The van der Waals surface area contributed by atoms with Gasteiger partial charge >= 0.3 is 0 Å². The molecule has 0 aliphatic carbocycles. The molecule has 114 valence electrons. The summed E-state index contributed by atoms with van der Waals surface area (Å²) in [6.45, 7) is 2.51. The average molecular weight is 297 g/mol. The minimum absolute atomic E-state index is 0.226. The van der Waals surface area contributed by atoms with Crippen LogP contribution in [0.5, 0.6) is 11.5 Å². The number of benzene rings is 2. The third-order valence-corrected chi connectivity index (χ3v) is 3.00. The van der Waals surface area contributed by atoms with Crippen LogP contribution in [0.1, 0.15) is 12.5 Å². The van der Waals surface area contributed by atoms with Gasteiger partial charge in [-0.15, -0.1) is 0 Å². The van der Waals surface area contributed by atoms with Gasteiger partial charge in [0.05, 0.1) is 19.4 Å². The van der Waals surface area contributed by atoms with Crippen LogP contribution < -0.4 is 14.8 Å². The van der Waals surface area contributed by atoms with Gasteiger partial charge in [-0.1, -0.05) is 30.3 Å². The van der Waals surface area contributed by atoms with Gasteiger partial charge in [-0.05, 0) is 31.2 Å². The molecule has 0 atom stereocenters. The van der Waals surface area contributed by atoms with Crippen molar-refractivity contribution >= 4 is 17.7 Å². The van der Waals surface area contributed by atoms with E-state index in [-0.39, 0.29) is 5.91 Å². The van der Waals surface area contributed by atoms with Gasteiger partial charge in [-0.2, -0.15) is 0 Å². The van der Waals surface area contributed by atoms with Gasteiger partial charge in [0, 0.05) is 11.6 Å². The Morgan fingerprint density at radius 2 is 1.77 bits per heavy atom. The molecule has 2 rings (SSSR count). The zero-order valence-corrected chi connectivity index (χ0v) is 12.7. The molecule has 0 bridgehead atoms. The second-order valence-electron chi connectivity index (χ2n) is 4.49. The van der Waals surface area contributed by atoms with E-state index in [1.807, 2.05) is 43.3 Å². The van der Waals surface area contributed by atoms with Gasteiger partial charge in [0.15, 0.2) is 0 Å². The molecular formula is C18H19NO3. The first-order valence-electron chi connectivity index (χ1n) is 7.08. The minimum atomic E-state index is -0.226. The normalized spacial score (nSPS) is 10.5. The molecule has 0 radical (unpaired) electrons. The first kappa shape index (κ1) is 15.6. The van der Waals surface area contributed by atoms with Crippen LogP contribution in [0.25, 0.3) is 6.08 Å². The van der Waals surface area contributed by atoms with Crippen LogP contribution in [0.4, 0.5) is 5.69 Å². The molecule has 0 fully saturated rings. The molecule has 0 heterocycles. The van der Waals surface area contributed by atoms with E-state index in [2.05, 4.69) is 5.32 Å². The number of carbonyl (C=O) groups is 1. The van der Waals surface area contributed by atoms with Gasteiger partial charge in [-0.3, -0.25) is 4.79 Å². The predicted octanol–water partition coefficient (Wildman–Crippen LogP) is 3.75. The van der Waals surface area contributed by atoms with Crippen molar-refractivity contribution in [3.8, 4) is 11.5 Å². The van der Waals surface area contributed by atoms with Gasteiger partial charge < -0.3 is 14.8 Å². The van der Waals surface area contributed by atoms with Gasteiger partial charge in [0.1, 0.15) is 11.5 Å². The molecule has 0 aliphatic heterocycles. The summed E-state index contributed by atoms with van der Waals surface area (Å²) in [5, 5.41) is 2.79. The number of carbonyl (C=O) groups excluding carboxylic acids is 1. The number of para-hydroxylation sites is 3. The molecular weight excluding hydrogens is 278 g/mol. The van der Waals surface area contributed by atoms with Crippen LogP contribution >= 0.6 is 0 Å². The largest absolute Gasteiger partial charge is 0.495 e. The maximum Gasteiger partial charge on any atom is 0.248 e. The molecule has 1 N–H and O–H groups in total. The first-order valence-corrected chi connectivity index (χ1v) is 7.08. The summed E-state index contributed by atoms with van der Waals surface area (Å²) in [7, 11) is 1.57. The van der Waals surface area contributed by atoms with Crippen molar-refractivity contribution in [2.45, 2.75) is 6.92 Å². The lowest BCUT2D eigenvalue weighted by Crippen LogP contribution is -2.08. The molecule has 2 aromatic carbocycles. The zero-order valence-electron chi connectivity index (χ0n) is 12.7. The Bertz CT molecular complexity index is 665. The average Bonchev–Trinajstić information content (AvgIpc) is 2.55. The van der Waals surface area contributed by atoms with E-state index in [9.17, 15) is 4.79 Å². The molecule has 1 amide bonds. The fourth-order valence-electron chi connectivity index (χ4n) is 1.99. The van der Waals surface area contributed by atoms with Crippen LogP contribution in [-0.2, 0) is 4.79 Å². The lowest BCUT2D eigenvalue weighted by Gasteiger charge is -2.08. The summed E-state index contributed by atoms with van der Waals surface area (Å²) in [4.78, 5) is 12.0. The number of rotatable bonds is 6. The minimum Gasteiger partial charge on any atom is -0.495 e. The maximum atomic E-state index is 12.0. The summed E-state index contributed by atoms with van der Waals surface area (Å²) in [6.07, 6.45) is 3.21. The Labute approximate surface area is 130 Å². The van der Waals surface area contributed by atoms with Crippen LogP contribution in [0.3, 0.4) is 0 Å². The molecule has 0 aromatic heterocycles. The fraction of sp³-hybridized carbons (Fsp3) is 0.167. The second-order valence-corrected chi connectivity index (χ2v) is 4.49. The van der Waals surface area contributed by atoms with Gasteiger partial charge in [0.2, 0.25) is 5.91 Å². The SMILES string of the molecule is CCOc1ccccc1/C=C/C(=O)Nc1ccccc1OC. The summed E-state index contributed by atoms with van der Waals surface area (Å²) < 4.78 is 10.7. The zero-order chi connectivity index (χ0) is 15.8. The van der Waals surface area contributed by atoms with E-state index < -0.39 is 0 Å². The molecule has 0 spiro atoms. The molecule has 22 heavy (non-hydrogen) atoms. The predicted molar refractivity (Wildman–Crippen MR) is 88.3 cm³/mol. The van der Waals surface area contributed by atoms with E-state index >= 15 is 0 Å². The van der Waals surface area contributed by atoms with E-state index in [0.717, 1.165) is 11.3 Å². The highest BCUT2D eigenvalue weighted by Gasteiger charge is 2.04. The highest BCUT2D eigenvalue weighted by Crippen LogP contribution is 2.23. The van der Waals surface area contributed by atoms with Crippen molar-refractivity contribution in [2.24, 2.45) is 0 Å². The van der Waals surface area contributed by atoms with Crippen LogP contribution in [-0.4, -0.2) is 19.6 Å². The topological polar surface area (TPSA) is 47.6 Å². The molecule has 0 aliphatic rings. The quantitative estimate of drug-likeness (QED) is 0.826. The van der Waals surface area contributed by atoms with Crippen molar-refractivity contribution in [1.29, 1.82) is 0 Å². The van der Waals surface area contributed by atoms with Gasteiger partial charge in [-0.25, -0.2) is 0 Å². The molecule has 0 saturated carbocycles. The Morgan fingerprint density at radius 3 is 2.50 bits per heavy atom. The summed E-state index contributed by atoms with van der Waals surface area (Å²) >= 11 is 0. The Kier molecular flexibility index (Phi) is 5.60. The van der Waals surface area contributed by atoms with Crippen molar-refractivity contribution in [3.63, 3.8) is 0 Å². The first-order chi connectivity index (χ1) is 10.7. The number of nitrogens with one attached hydrogen (secondary N) is 1. The number of ether oxygens (including phenoxy) is 2. The number of hydrogen-bond acceptors (Lipinski definition) is 3. The van der Waals surface area contributed by atoms with Crippen LogP contribution in [0.2, 0.25) is 0 Å². The monoisotopic (exact) mass is 297 g/mol. The lowest BCUT2D eigenvalue weighted by molar-refractivity contribution is -0.111. The van der Waals surface area contributed by atoms with Crippen molar-refractivity contribution in [1.82, 2.24) is 0 Å². The van der Waals surface area contributed by atoms with Gasteiger partial charge in [0.25, 0.3) is 0 Å². The number of hydrogen-bond donors (Lipinski definition) is 1. The third kappa shape index (κ3) is 4.12. The van der Waals surface area contributed by atoms with E-state index in [4.69, 9.17) is 9.47 Å². The highest BCUT2D eigenvalue weighted by molar-refractivity contribution is 6.02. The Hall–Kier alpha value is -2.75. The highest BCUT2D eigenvalue weighted by atomic mass is 16.5. The summed E-state index contributed by atoms with van der Waals surface area (Å²) in [5.74, 6) is 1.15. The Balaban J connectivity index is 2.09. The third-order valence-electron chi connectivity index (χ3n) is 3.00. The Morgan fingerprint density at radius 1 is 1.09 bits per heavy atom.